The Bertz CT molecular complexity index is 56.4. The highest BCUT2D eigenvalue weighted by molar-refractivity contribution is 5.07. The smallest absolute Gasteiger partial charge is 0.0283 e. The third-order valence-corrected chi connectivity index (χ3v) is 0.722. The zero-order valence-corrected chi connectivity index (χ0v) is 4.91. The molecule has 0 aromatic heterocycles. The molecule has 0 heterocycles. The molecule has 0 aromatic rings. The van der Waals surface area contributed by atoms with Crippen molar-refractivity contribution in [3.63, 3.8) is 0 Å². The zero-order valence-electron chi connectivity index (χ0n) is 4.91. The molecule has 40 valence electrons. The van der Waals surface area contributed by atoms with Gasteiger partial charge in [-0.3, -0.25) is 0 Å². The van der Waals surface area contributed by atoms with Gasteiger partial charge in [-0.1, -0.05) is 25.0 Å². The molecule has 0 saturated carbocycles. The molecule has 0 aliphatic carbocycles. The fourth-order valence-corrected chi connectivity index (χ4v) is 0.348. The predicted octanol–water partition coefficient (Wildman–Crippen LogP) is 2.38. The molecule has 0 atom stereocenters. The van der Waals surface area contributed by atoms with E-state index in [0.29, 0.717) is 0 Å². The van der Waals surface area contributed by atoms with Crippen LogP contribution in [-0.2, 0) is 0 Å². The summed E-state index contributed by atoms with van der Waals surface area (Å²) >= 11 is 0. The van der Waals surface area contributed by atoms with Gasteiger partial charge in [0.25, 0.3) is 0 Å². The average molecular weight is 96.2 g/mol. The van der Waals surface area contributed by atoms with Gasteiger partial charge in [-0.25, -0.2) is 0 Å². The molecule has 0 saturated heterocycles. The fourth-order valence-electron chi connectivity index (χ4n) is 0.348. The summed E-state index contributed by atoms with van der Waals surface area (Å²) in [6.45, 7) is 9.39. The zero-order chi connectivity index (χ0) is 5.70. The van der Waals surface area contributed by atoms with Crippen molar-refractivity contribution in [3.05, 3.63) is 25.5 Å². The Kier molecular flexibility index (Phi) is 3.77. The maximum atomic E-state index is 3.63. The van der Waals surface area contributed by atoms with Gasteiger partial charge in [0.2, 0.25) is 0 Å². The van der Waals surface area contributed by atoms with Crippen molar-refractivity contribution in [2.45, 2.75) is 19.8 Å². The molecule has 0 N–H and O–H groups in total. The highest BCUT2D eigenvalue weighted by Gasteiger charge is 1.73. The van der Waals surface area contributed by atoms with Crippen molar-refractivity contribution < 1.29 is 0 Å². The summed E-state index contributed by atoms with van der Waals surface area (Å²) in [6.07, 6.45) is 4.34. The molecule has 0 nitrogen and oxygen atoms in total. The summed E-state index contributed by atoms with van der Waals surface area (Å²) in [6, 6.07) is 0. The SMILES string of the molecule is [CH2]C([CH2])=CCCC. The van der Waals surface area contributed by atoms with Crippen LogP contribution < -0.4 is 0 Å². The molecule has 7 heavy (non-hydrogen) atoms. The number of hydrogen-bond donors (Lipinski definition) is 0. The maximum Gasteiger partial charge on any atom is -0.0283 e. The van der Waals surface area contributed by atoms with Crippen molar-refractivity contribution in [2.24, 2.45) is 0 Å². The predicted molar refractivity (Wildman–Crippen MR) is 33.7 cm³/mol. The van der Waals surface area contributed by atoms with Gasteiger partial charge < -0.3 is 0 Å². The van der Waals surface area contributed by atoms with Gasteiger partial charge in [0, 0.05) is 0 Å². The third kappa shape index (κ3) is 5.74. The summed E-state index contributed by atoms with van der Waals surface area (Å²) in [4.78, 5) is 0. The van der Waals surface area contributed by atoms with Crippen LogP contribution in [0.3, 0.4) is 0 Å². The van der Waals surface area contributed by atoms with Crippen LogP contribution in [0, 0.1) is 13.8 Å². The molecule has 0 aliphatic rings. The van der Waals surface area contributed by atoms with Crippen LogP contribution in [0.25, 0.3) is 0 Å². The minimum Gasteiger partial charge on any atom is -0.0853 e. The van der Waals surface area contributed by atoms with E-state index in [2.05, 4.69) is 20.8 Å². The van der Waals surface area contributed by atoms with Gasteiger partial charge in [0.15, 0.2) is 0 Å². The molecule has 0 rings (SSSR count). The van der Waals surface area contributed by atoms with E-state index in [0.717, 1.165) is 12.0 Å². The summed E-state index contributed by atoms with van der Waals surface area (Å²) in [5.74, 6) is 0. The molecule has 0 fully saturated rings. The molecule has 0 spiro atoms. The van der Waals surface area contributed by atoms with Gasteiger partial charge in [0.1, 0.15) is 0 Å². The van der Waals surface area contributed by atoms with E-state index in [1.165, 1.54) is 6.42 Å². The maximum absolute atomic E-state index is 3.63. The van der Waals surface area contributed by atoms with E-state index in [1.54, 1.807) is 0 Å². The first-order chi connectivity index (χ1) is 3.27. The van der Waals surface area contributed by atoms with Crippen molar-refractivity contribution in [2.75, 3.05) is 0 Å². The lowest BCUT2D eigenvalue weighted by molar-refractivity contribution is 0.955. The van der Waals surface area contributed by atoms with Crippen LogP contribution in [0.2, 0.25) is 0 Å². The van der Waals surface area contributed by atoms with Crippen molar-refractivity contribution in [1.82, 2.24) is 0 Å². The molecule has 2 radical (unpaired) electrons. The van der Waals surface area contributed by atoms with Crippen LogP contribution in [0.15, 0.2) is 11.6 Å². The van der Waals surface area contributed by atoms with Crippen molar-refractivity contribution in [1.29, 1.82) is 0 Å². The third-order valence-electron chi connectivity index (χ3n) is 0.722. The summed E-state index contributed by atoms with van der Waals surface area (Å²) < 4.78 is 0. The van der Waals surface area contributed by atoms with E-state index in [4.69, 9.17) is 0 Å². The molecule has 0 heteroatoms. The lowest BCUT2D eigenvalue weighted by atomic mass is 10.2. The molecular weight excluding hydrogens is 84.1 g/mol. The molecular formula is C7H12. The number of hydrogen-bond acceptors (Lipinski definition) is 0. The van der Waals surface area contributed by atoms with Crippen molar-refractivity contribution >= 4 is 0 Å². The van der Waals surface area contributed by atoms with E-state index < -0.39 is 0 Å². The van der Waals surface area contributed by atoms with Gasteiger partial charge in [-0.05, 0) is 20.3 Å². The Morgan fingerprint density at radius 3 is 2.29 bits per heavy atom. The minimum absolute atomic E-state index is 0.932. The van der Waals surface area contributed by atoms with E-state index in [1.807, 2.05) is 6.08 Å². The molecule has 0 aromatic carbocycles. The average Bonchev–Trinajstić information content (AvgIpc) is 1.61. The second-order valence-corrected chi connectivity index (χ2v) is 1.65. The normalized spacial score (nSPS) is 8.43. The lowest BCUT2D eigenvalue weighted by Crippen LogP contribution is -1.64. The first kappa shape index (κ1) is 6.74. The first-order valence-corrected chi connectivity index (χ1v) is 2.61. The molecule has 0 amide bonds. The van der Waals surface area contributed by atoms with Crippen LogP contribution in [0.4, 0.5) is 0 Å². The Hall–Kier alpha value is -0.260. The number of rotatable bonds is 2. The summed E-state index contributed by atoms with van der Waals surface area (Å²) in [5.41, 5.74) is 0.932. The molecule has 0 unspecified atom stereocenters. The van der Waals surface area contributed by atoms with Crippen LogP contribution in [0.5, 0.6) is 0 Å². The molecule has 0 aliphatic heterocycles. The van der Waals surface area contributed by atoms with Crippen molar-refractivity contribution in [3.8, 4) is 0 Å². The van der Waals surface area contributed by atoms with Gasteiger partial charge in [-0.15, -0.1) is 0 Å². The second-order valence-electron chi connectivity index (χ2n) is 1.65. The monoisotopic (exact) mass is 96.1 g/mol. The minimum atomic E-state index is 0.932. The Balaban J connectivity index is 3.08. The largest absolute Gasteiger partial charge is 0.0853 e. The highest BCUT2D eigenvalue weighted by atomic mass is 13.8. The van der Waals surface area contributed by atoms with E-state index in [-0.39, 0.29) is 0 Å². The van der Waals surface area contributed by atoms with E-state index in [9.17, 15) is 0 Å². The van der Waals surface area contributed by atoms with Crippen LogP contribution in [0.1, 0.15) is 19.8 Å². The molecule has 0 bridgehead atoms. The van der Waals surface area contributed by atoms with Gasteiger partial charge in [0.05, 0.1) is 0 Å². The quantitative estimate of drug-likeness (QED) is 0.495. The Morgan fingerprint density at radius 1 is 1.57 bits per heavy atom. The Morgan fingerprint density at radius 2 is 2.14 bits per heavy atom. The fraction of sp³-hybridized carbons (Fsp3) is 0.429. The van der Waals surface area contributed by atoms with Crippen LogP contribution in [-0.4, -0.2) is 0 Å². The number of allylic oxidation sites excluding steroid dienone is 2. The van der Waals surface area contributed by atoms with E-state index >= 15 is 0 Å². The number of unbranched alkanes of at least 4 members (excludes halogenated alkanes) is 1. The lowest BCUT2D eigenvalue weighted by Gasteiger charge is -1.84. The van der Waals surface area contributed by atoms with Gasteiger partial charge in [-0.2, -0.15) is 0 Å². The summed E-state index contributed by atoms with van der Waals surface area (Å²) in [7, 11) is 0. The summed E-state index contributed by atoms with van der Waals surface area (Å²) in [5, 5.41) is 0. The highest BCUT2D eigenvalue weighted by Crippen LogP contribution is 1.93. The first-order valence-electron chi connectivity index (χ1n) is 2.61. The Labute approximate surface area is 46.2 Å². The van der Waals surface area contributed by atoms with Crippen LogP contribution >= 0.6 is 0 Å². The topological polar surface area (TPSA) is 0 Å². The van der Waals surface area contributed by atoms with Gasteiger partial charge >= 0.3 is 0 Å². The second kappa shape index (κ2) is 3.91. The standard InChI is InChI=1S/C7H12/c1-4-5-6-7(2)3/h6H,2-5H2,1H3.